The van der Waals surface area contributed by atoms with Crippen LogP contribution in [0.25, 0.3) is 0 Å². The standard InChI is InChI=1S/C21H31N3O2/c1-14-9-15(2)11-18(10-14)21(26)24-8-4-5-17(13-24)20(25)23-19-6-7-22-16(3)12-19/h9-11,16-17,19,22H,4-8,12-13H2,1-3H3,(H,23,25). The Labute approximate surface area is 156 Å². The molecule has 2 fully saturated rings. The van der Waals surface area contributed by atoms with Crippen LogP contribution < -0.4 is 10.6 Å². The third-order valence-corrected chi connectivity index (χ3v) is 5.52. The number of piperidine rings is 2. The second kappa shape index (κ2) is 8.21. The third-order valence-electron chi connectivity index (χ3n) is 5.52. The molecule has 0 bridgehead atoms. The molecule has 2 saturated heterocycles. The number of benzene rings is 1. The molecular weight excluding hydrogens is 326 g/mol. The number of nitrogens with zero attached hydrogens (tertiary/aromatic N) is 1. The summed E-state index contributed by atoms with van der Waals surface area (Å²) in [6, 6.07) is 6.65. The lowest BCUT2D eigenvalue weighted by molar-refractivity contribution is -0.127. The maximum Gasteiger partial charge on any atom is 0.253 e. The van der Waals surface area contributed by atoms with E-state index in [1.54, 1.807) is 0 Å². The summed E-state index contributed by atoms with van der Waals surface area (Å²) in [4.78, 5) is 27.5. The number of carbonyl (C=O) groups excluding carboxylic acids is 2. The highest BCUT2D eigenvalue weighted by molar-refractivity contribution is 5.95. The molecule has 0 spiro atoms. The predicted octanol–water partition coefficient (Wildman–Crippen LogP) is 2.41. The molecule has 5 nitrogen and oxygen atoms in total. The van der Waals surface area contributed by atoms with Gasteiger partial charge < -0.3 is 15.5 Å². The highest BCUT2D eigenvalue weighted by atomic mass is 16.2. The Morgan fingerprint density at radius 3 is 2.58 bits per heavy atom. The van der Waals surface area contributed by atoms with Crippen LogP contribution in [0.3, 0.4) is 0 Å². The molecular formula is C21H31N3O2. The van der Waals surface area contributed by atoms with Crippen molar-refractivity contribution in [1.82, 2.24) is 15.5 Å². The quantitative estimate of drug-likeness (QED) is 0.873. The highest BCUT2D eigenvalue weighted by Gasteiger charge is 2.30. The fraction of sp³-hybridized carbons (Fsp3) is 0.619. The van der Waals surface area contributed by atoms with Crippen molar-refractivity contribution in [3.63, 3.8) is 0 Å². The van der Waals surface area contributed by atoms with Crippen LogP contribution in [-0.4, -0.2) is 48.4 Å². The molecule has 26 heavy (non-hydrogen) atoms. The van der Waals surface area contributed by atoms with Crippen LogP contribution in [-0.2, 0) is 4.79 Å². The van der Waals surface area contributed by atoms with Crippen molar-refractivity contribution in [2.24, 2.45) is 5.92 Å². The van der Waals surface area contributed by atoms with Gasteiger partial charge in [0, 0.05) is 30.7 Å². The van der Waals surface area contributed by atoms with Crippen LogP contribution in [0.2, 0.25) is 0 Å². The minimum absolute atomic E-state index is 0.0461. The minimum Gasteiger partial charge on any atom is -0.353 e. The lowest BCUT2D eigenvalue weighted by Crippen LogP contribution is -2.51. The second-order valence-corrected chi connectivity index (χ2v) is 8.05. The fourth-order valence-electron chi connectivity index (χ4n) is 4.24. The van der Waals surface area contributed by atoms with E-state index in [0.717, 1.165) is 55.5 Å². The average molecular weight is 357 g/mol. The summed E-state index contributed by atoms with van der Waals surface area (Å²) in [5, 5.41) is 6.63. The maximum absolute atomic E-state index is 12.9. The smallest absolute Gasteiger partial charge is 0.253 e. The van der Waals surface area contributed by atoms with E-state index in [9.17, 15) is 9.59 Å². The minimum atomic E-state index is -0.0937. The van der Waals surface area contributed by atoms with Gasteiger partial charge in [0.2, 0.25) is 5.91 Å². The number of amides is 2. The van der Waals surface area contributed by atoms with E-state index >= 15 is 0 Å². The Bertz CT molecular complexity index is 653. The first-order chi connectivity index (χ1) is 12.4. The molecule has 3 unspecified atom stereocenters. The zero-order valence-electron chi connectivity index (χ0n) is 16.2. The Morgan fingerprint density at radius 1 is 1.15 bits per heavy atom. The highest BCUT2D eigenvalue weighted by Crippen LogP contribution is 2.21. The summed E-state index contributed by atoms with van der Waals surface area (Å²) < 4.78 is 0. The van der Waals surface area contributed by atoms with Crippen LogP contribution in [0.1, 0.15) is 54.1 Å². The van der Waals surface area contributed by atoms with Crippen molar-refractivity contribution in [2.45, 2.75) is 58.5 Å². The Morgan fingerprint density at radius 2 is 1.88 bits per heavy atom. The predicted molar refractivity (Wildman–Crippen MR) is 103 cm³/mol. The SMILES string of the molecule is Cc1cc(C)cc(C(=O)N2CCCC(C(=O)NC3CCNC(C)C3)C2)c1. The third kappa shape index (κ3) is 4.64. The van der Waals surface area contributed by atoms with Crippen molar-refractivity contribution < 1.29 is 9.59 Å². The molecule has 2 N–H and O–H groups in total. The van der Waals surface area contributed by atoms with Gasteiger partial charge in [0.1, 0.15) is 0 Å². The van der Waals surface area contributed by atoms with Crippen molar-refractivity contribution in [3.05, 3.63) is 34.9 Å². The maximum atomic E-state index is 12.9. The second-order valence-electron chi connectivity index (χ2n) is 8.05. The monoisotopic (exact) mass is 357 g/mol. The first kappa shape index (κ1) is 18.9. The van der Waals surface area contributed by atoms with Gasteiger partial charge in [-0.3, -0.25) is 9.59 Å². The van der Waals surface area contributed by atoms with Crippen molar-refractivity contribution in [1.29, 1.82) is 0 Å². The number of nitrogens with one attached hydrogen (secondary N) is 2. The Balaban J connectivity index is 1.61. The first-order valence-electron chi connectivity index (χ1n) is 9.83. The largest absolute Gasteiger partial charge is 0.353 e. The molecule has 1 aromatic rings. The number of rotatable bonds is 3. The average Bonchev–Trinajstić information content (AvgIpc) is 2.60. The number of hydrogen-bond acceptors (Lipinski definition) is 3. The molecule has 142 valence electrons. The van der Waals surface area contributed by atoms with Crippen molar-refractivity contribution in [2.75, 3.05) is 19.6 Å². The van der Waals surface area contributed by atoms with Crippen LogP contribution >= 0.6 is 0 Å². The van der Waals surface area contributed by atoms with Gasteiger partial charge in [-0.25, -0.2) is 0 Å². The van der Waals surface area contributed by atoms with Gasteiger partial charge in [-0.2, -0.15) is 0 Å². The number of carbonyl (C=O) groups is 2. The molecule has 0 radical (unpaired) electrons. The topological polar surface area (TPSA) is 61.4 Å². The lowest BCUT2D eigenvalue weighted by atomic mass is 9.94. The molecule has 5 heteroatoms. The molecule has 2 heterocycles. The van der Waals surface area contributed by atoms with E-state index < -0.39 is 0 Å². The van der Waals surface area contributed by atoms with E-state index in [-0.39, 0.29) is 23.8 Å². The molecule has 1 aromatic carbocycles. The molecule has 3 atom stereocenters. The molecule has 2 amide bonds. The van der Waals surface area contributed by atoms with E-state index in [4.69, 9.17) is 0 Å². The molecule has 3 rings (SSSR count). The van der Waals surface area contributed by atoms with Gasteiger partial charge in [-0.15, -0.1) is 0 Å². The molecule has 2 aliphatic rings. The summed E-state index contributed by atoms with van der Waals surface area (Å²) >= 11 is 0. The normalized spacial score (nSPS) is 26.4. The van der Waals surface area contributed by atoms with Crippen LogP contribution in [0.4, 0.5) is 0 Å². The number of likely N-dealkylation sites (tertiary alicyclic amines) is 1. The zero-order chi connectivity index (χ0) is 18.7. The van der Waals surface area contributed by atoms with Gasteiger partial charge in [0.15, 0.2) is 0 Å². The van der Waals surface area contributed by atoms with Crippen LogP contribution in [0, 0.1) is 19.8 Å². The van der Waals surface area contributed by atoms with Crippen LogP contribution in [0.15, 0.2) is 18.2 Å². The Hall–Kier alpha value is -1.88. The summed E-state index contributed by atoms with van der Waals surface area (Å²) in [5.41, 5.74) is 2.93. The van der Waals surface area contributed by atoms with Gasteiger partial charge in [-0.05, 0) is 65.1 Å². The Kier molecular flexibility index (Phi) is 5.97. The van der Waals surface area contributed by atoms with Crippen molar-refractivity contribution >= 4 is 11.8 Å². The summed E-state index contributed by atoms with van der Waals surface area (Å²) in [7, 11) is 0. The van der Waals surface area contributed by atoms with Crippen molar-refractivity contribution in [3.8, 4) is 0 Å². The fourth-order valence-corrected chi connectivity index (χ4v) is 4.24. The molecule has 0 saturated carbocycles. The zero-order valence-corrected chi connectivity index (χ0v) is 16.2. The molecule has 0 aliphatic carbocycles. The van der Waals surface area contributed by atoms with E-state index in [1.807, 2.05) is 30.9 Å². The van der Waals surface area contributed by atoms with Crippen LogP contribution in [0.5, 0.6) is 0 Å². The summed E-state index contributed by atoms with van der Waals surface area (Å²) in [6.07, 6.45) is 3.71. The van der Waals surface area contributed by atoms with E-state index in [2.05, 4.69) is 23.6 Å². The molecule has 2 aliphatic heterocycles. The first-order valence-corrected chi connectivity index (χ1v) is 9.83. The van der Waals surface area contributed by atoms with Gasteiger partial charge in [0.25, 0.3) is 5.91 Å². The number of hydrogen-bond donors (Lipinski definition) is 2. The molecule has 0 aromatic heterocycles. The van der Waals surface area contributed by atoms with Gasteiger partial charge in [-0.1, -0.05) is 17.2 Å². The number of aryl methyl sites for hydroxylation is 2. The summed E-state index contributed by atoms with van der Waals surface area (Å²) in [6.45, 7) is 8.39. The summed E-state index contributed by atoms with van der Waals surface area (Å²) in [5.74, 6) is 0.0654. The van der Waals surface area contributed by atoms with Gasteiger partial charge in [0.05, 0.1) is 5.92 Å². The van der Waals surface area contributed by atoms with E-state index in [0.29, 0.717) is 12.6 Å². The van der Waals surface area contributed by atoms with Gasteiger partial charge >= 0.3 is 0 Å². The lowest BCUT2D eigenvalue weighted by Gasteiger charge is -2.34. The van der Waals surface area contributed by atoms with E-state index in [1.165, 1.54) is 0 Å².